The van der Waals surface area contributed by atoms with E-state index in [4.69, 9.17) is 21.4 Å². The van der Waals surface area contributed by atoms with E-state index in [0.29, 0.717) is 34.3 Å². The molecule has 0 aliphatic rings. The summed E-state index contributed by atoms with van der Waals surface area (Å²) >= 11 is 5.86. The lowest BCUT2D eigenvalue weighted by Gasteiger charge is -2.08. The van der Waals surface area contributed by atoms with Crippen LogP contribution < -0.4 is 10.3 Å². The van der Waals surface area contributed by atoms with Crippen molar-refractivity contribution in [3.05, 3.63) is 56.7 Å². The highest BCUT2D eigenvalue weighted by molar-refractivity contribution is 6.30. The van der Waals surface area contributed by atoms with E-state index >= 15 is 0 Å². The van der Waals surface area contributed by atoms with Crippen LogP contribution >= 0.6 is 11.6 Å². The maximum absolute atomic E-state index is 11.8. The van der Waals surface area contributed by atoms with E-state index in [2.05, 4.69) is 9.97 Å². The van der Waals surface area contributed by atoms with E-state index < -0.39 is 0 Å². The van der Waals surface area contributed by atoms with Gasteiger partial charge in [-0.3, -0.25) is 4.79 Å². The van der Waals surface area contributed by atoms with Gasteiger partial charge in [0.1, 0.15) is 18.2 Å². The summed E-state index contributed by atoms with van der Waals surface area (Å²) in [5, 5.41) is 9.48. The molecule has 20 heavy (non-hydrogen) atoms. The Morgan fingerprint density at radius 1 is 1.45 bits per heavy atom. The predicted octanol–water partition coefficient (Wildman–Crippen LogP) is 1.85. The van der Waals surface area contributed by atoms with Crippen LogP contribution in [0.15, 0.2) is 29.1 Å². The highest BCUT2D eigenvalue weighted by Crippen LogP contribution is 2.17. The molecule has 0 saturated heterocycles. The number of aliphatic hydroxyl groups is 1. The zero-order valence-corrected chi connectivity index (χ0v) is 11.8. The minimum Gasteiger partial charge on any atom is -0.486 e. The first-order valence-electron chi connectivity index (χ1n) is 6.18. The third kappa shape index (κ3) is 3.59. The zero-order chi connectivity index (χ0) is 14.5. The fourth-order valence-corrected chi connectivity index (χ4v) is 2.03. The van der Waals surface area contributed by atoms with Crippen LogP contribution in [0, 0.1) is 6.92 Å². The number of halogens is 1. The number of nitrogens with one attached hydrogen (secondary N) is 1. The molecule has 0 aliphatic heterocycles. The van der Waals surface area contributed by atoms with Crippen LogP contribution in [0.25, 0.3) is 0 Å². The van der Waals surface area contributed by atoms with Crippen molar-refractivity contribution < 1.29 is 9.84 Å². The Balaban J connectivity index is 2.13. The molecule has 2 aromatic rings. The van der Waals surface area contributed by atoms with E-state index in [1.165, 1.54) is 0 Å². The van der Waals surface area contributed by atoms with E-state index in [9.17, 15) is 4.79 Å². The Hall–Kier alpha value is -1.85. The number of aromatic nitrogens is 2. The smallest absolute Gasteiger partial charge is 0.254 e. The normalized spacial score (nSPS) is 10.6. The Bertz CT molecular complexity index is 655. The molecule has 0 amide bonds. The van der Waals surface area contributed by atoms with Crippen LogP contribution in [0.5, 0.6) is 5.75 Å². The molecule has 0 saturated carbocycles. The number of aryl methyl sites for hydroxylation is 1. The molecule has 1 aromatic carbocycles. The van der Waals surface area contributed by atoms with Gasteiger partial charge in [0.05, 0.1) is 0 Å². The maximum atomic E-state index is 11.8. The molecule has 0 spiro atoms. The number of benzene rings is 1. The third-order valence-electron chi connectivity index (χ3n) is 2.80. The Labute approximate surface area is 121 Å². The molecule has 0 bridgehead atoms. The van der Waals surface area contributed by atoms with Gasteiger partial charge >= 0.3 is 0 Å². The topological polar surface area (TPSA) is 75.2 Å². The largest absolute Gasteiger partial charge is 0.486 e. The number of aromatic amines is 1. The maximum Gasteiger partial charge on any atom is 0.254 e. The molecule has 0 aliphatic carbocycles. The molecule has 0 radical (unpaired) electrons. The van der Waals surface area contributed by atoms with Crippen LogP contribution in [-0.4, -0.2) is 21.7 Å². The van der Waals surface area contributed by atoms with Crippen molar-refractivity contribution in [2.75, 3.05) is 6.61 Å². The number of H-pyrrole nitrogens is 1. The third-order valence-corrected chi connectivity index (χ3v) is 3.04. The lowest BCUT2D eigenvalue weighted by atomic mass is 10.2. The fraction of sp³-hybridized carbons (Fsp3) is 0.286. The monoisotopic (exact) mass is 294 g/mol. The standard InChI is InChI=1S/C14H15ClN2O3/c1-9-12(5-6-18)14(19)17-13(16-9)8-20-11-4-2-3-10(15)7-11/h2-4,7,18H,5-6,8H2,1H3,(H,16,17,19). The second-order valence-electron chi connectivity index (χ2n) is 4.30. The minimum atomic E-state index is -0.240. The molecule has 106 valence electrons. The lowest BCUT2D eigenvalue weighted by molar-refractivity contribution is 0.292. The molecule has 1 heterocycles. The minimum absolute atomic E-state index is 0.0794. The van der Waals surface area contributed by atoms with E-state index in [-0.39, 0.29) is 18.8 Å². The Morgan fingerprint density at radius 2 is 2.25 bits per heavy atom. The van der Waals surface area contributed by atoms with Gasteiger partial charge in [0.15, 0.2) is 0 Å². The van der Waals surface area contributed by atoms with Gasteiger partial charge in [0.2, 0.25) is 0 Å². The van der Waals surface area contributed by atoms with E-state index in [1.54, 1.807) is 31.2 Å². The van der Waals surface area contributed by atoms with Gasteiger partial charge in [-0.1, -0.05) is 17.7 Å². The summed E-state index contributed by atoms with van der Waals surface area (Å²) in [5.41, 5.74) is 0.864. The number of rotatable bonds is 5. The summed E-state index contributed by atoms with van der Waals surface area (Å²) < 4.78 is 5.52. The molecule has 0 atom stereocenters. The molecule has 5 nitrogen and oxygen atoms in total. The molecular weight excluding hydrogens is 280 g/mol. The molecule has 0 fully saturated rings. The molecule has 2 rings (SSSR count). The Kier molecular flexibility index (Phi) is 4.76. The first-order chi connectivity index (χ1) is 9.60. The van der Waals surface area contributed by atoms with Crippen molar-refractivity contribution in [3.8, 4) is 5.75 Å². The molecule has 6 heteroatoms. The van der Waals surface area contributed by atoms with Gasteiger partial charge in [-0.15, -0.1) is 0 Å². The van der Waals surface area contributed by atoms with Crippen LogP contribution in [0.1, 0.15) is 17.1 Å². The Morgan fingerprint density at radius 3 is 2.90 bits per heavy atom. The van der Waals surface area contributed by atoms with Crippen LogP contribution in [0.3, 0.4) is 0 Å². The first-order valence-corrected chi connectivity index (χ1v) is 6.56. The van der Waals surface area contributed by atoms with E-state index in [1.807, 2.05) is 0 Å². The summed E-state index contributed by atoms with van der Waals surface area (Å²) in [7, 11) is 0. The average molecular weight is 295 g/mol. The van der Waals surface area contributed by atoms with E-state index in [0.717, 1.165) is 0 Å². The summed E-state index contributed by atoms with van der Waals surface area (Å²) in [6.45, 7) is 1.81. The molecule has 0 unspecified atom stereocenters. The number of ether oxygens (including phenoxy) is 1. The number of hydrogen-bond donors (Lipinski definition) is 2. The summed E-state index contributed by atoms with van der Waals surface area (Å²) in [5.74, 6) is 1.05. The fourth-order valence-electron chi connectivity index (χ4n) is 1.85. The summed E-state index contributed by atoms with van der Waals surface area (Å²) in [6, 6.07) is 7.00. The molecule has 2 N–H and O–H groups in total. The predicted molar refractivity (Wildman–Crippen MR) is 76.2 cm³/mol. The van der Waals surface area contributed by atoms with Crippen molar-refractivity contribution in [1.82, 2.24) is 9.97 Å². The zero-order valence-electron chi connectivity index (χ0n) is 11.0. The SMILES string of the molecule is Cc1nc(COc2cccc(Cl)c2)[nH]c(=O)c1CCO. The van der Waals surface area contributed by atoms with Gasteiger partial charge in [-0.25, -0.2) is 4.98 Å². The molecular formula is C14H15ClN2O3. The van der Waals surface area contributed by atoms with Crippen molar-refractivity contribution in [1.29, 1.82) is 0 Å². The van der Waals surface area contributed by atoms with Gasteiger partial charge in [-0.2, -0.15) is 0 Å². The average Bonchev–Trinajstić information content (AvgIpc) is 2.41. The van der Waals surface area contributed by atoms with Crippen molar-refractivity contribution in [3.63, 3.8) is 0 Å². The highest BCUT2D eigenvalue weighted by Gasteiger charge is 2.08. The van der Waals surface area contributed by atoms with Gasteiger partial charge < -0.3 is 14.8 Å². The second kappa shape index (κ2) is 6.54. The first kappa shape index (κ1) is 14.6. The summed E-state index contributed by atoms with van der Waals surface area (Å²) in [4.78, 5) is 18.7. The lowest BCUT2D eigenvalue weighted by Crippen LogP contribution is -2.20. The second-order valence-corrected chi connectivity index (χ2v) is 4.73. The van der Waals surface area contributed by atoms with Crippen LogP contribution in [-0.2, 0) is 13.0 Å². The van der Waals surface area contributed by atoms with Crippen LogP contribution in [0.4, 0.5) is 0 Å². The number of nitrogens with zero attached hydrogens (tertiary/aromatic N) is 1. The highest BCUT2D eigenvalue weighted by atomic mass is 35.5. The van der Waals surface area contributed by atoms with Crippen molar-refractivity contribution in [2.45, 2.75) is 20.0 Å². The van der Waals surface area contributed by atoms with Gasteiger partial charge in [-0.05, 0) is 25.1 Å². The molecule has 1 aromatic heterocycles. The van der Waals surface area contributed by atoms with Gasteiger partial charge in [0, 0.05) is 29.3 Å². The quantitative estimate of drug-likeness (QED) is 0.882. The van der Waals surface area contributed by atoms with Crippen molar-refractivity contribution in [2.24, 2.45) is 0 Å². The van der Waals surface area contributed by atoms with Gasteiger partial charge in [0.25, 0.3) is 5.56 Å². The summed E-state index contributed by atoms with van der Waals surface area (Å²) in [6.07, 6.45) is 0.295. The van der Waals surface area contributed by atoms with Crippen molar-refractivity contribution >= 4 is 11.6 Å². The van der Waals surface area contributed by atoms with Crippen LogP contribution in [0.2, 0.25) is 5.02 Å². The number of hydrogen-bond acceptors (Lipinski definition) is 4. The number of aliphatic hydroxyl groups excluding tert-OH is 1.